The number of nitrogens with zero attached hydrogens (tertiary/aromatic N) is 2. The molecule has 3 rings (SSSR count). The second-order valence-corrected chi connectivity index (χ2v) is 5.91. The number of anilines is 1. The summed E-state index contributed by atoms with van der Waals surface area (Å²) < 4.78 is 6.32. The quantitative estimate of drug-likeness (QED) is 0.669. The molecule has 0 atom stereocenters. The Hall–Kier alpha value is -1.85. The molecule has 0 saturated heterocycles. The number of benzene rings is 2. The Morgan fingerprint density at radius 1 is 1.19 bits per heavy atom. The van der Waals surface area contributed by atoms with E-state index in [0.29, 0.717) is 28.0 Å². The van der Waals surface area contributed by atoms with Gasteiger partial charge in [-0.2, -0.15) is 4.98 Å². The van der Waals surface area contributed by atoms with Gasteiger partial charge in [0, 0.05) is 10.0 Å². The average molecular weight is 365 g/mol. The van der Waals surface area contributed by atoms with E-state index in [0.717, 1.165) is 15.6 Å². The molecule has 0 aliphatic carbocycles. The highest BCUT2D eigenvalue weighted by atomic mass is 79.9. The van der Waals surface area contributed by atoms with Gasteiger partial charge in [-0.15, -0.1) is 0 Å². The van der Waals surface area contributed by atoms with Gasteiger partial charge in [0.15, 0.2) is 0 Å². The third-order valence-corrected chi connectivity index (χ3v) is 3.96. The molecule has 2 N–H and O–H groups in total. The highest BCUT2D eigenvalue weighted by molar-refractivity contribution is 9.10. The molecule has 0 amide bonds. The number of hydrogen-bond acceptors (Lipinski definition) is 4. The van der Waals surface area contributed by atoms with E-state index in [1.807, 2.05) is 25.1 Å². The maximum absolute atomic E-state index is 6.01. The molecular formula is C15H11BrClN3O. The van der Waals surface area contributed by atoms with Gasteiger partial charge in [0.2, 0.25) is 5.82 Å². The number of para-hydroxylation sites is 1. The number of aromatic nitrogens is 2. The molecule has 3 aromatic rings. The summed E-state index contributed by atoms with van der Waals surface area (Å²) >= 11 is 9.44. The van der Waals surface area contributed by atoms with Crippen molar-refractivity contribution in [3.8, 4) is 22.8 Å². The lowest BCUT2D eigenvalue weighted by Crippen LogP contribution is -1.91. The molecule has 0 unspecified atom stereocenters. The molecule has 2 aromatic carbocycles. The molecule has 0 fully saturated rings. The molecule has 21 heavy (non-hydrogen) atoms. The molecule has 0 bridgehead atoms. The first-order chi connectivity index (χ1) is 10.1. The first-order valence-electron chi connectivity index (χ1n) is 6.21. The number of nitrogen functional groups attached to an aromatic ring is 1. The van der Waals surface area contributed by atoms with Crippen LogP contribution in [0.1, 0.15) is 5.56 Å². The SMILES string of the molecule is Cc1cc(Br)ccc1-c1noc(-c2cccc(Cl)c2N)n1. The van der Waals surface area contributed by atoms with Crippen LogP contribution in [0.25, 0.3) is 22.8 Å². The summed E-state index contributed by atoms with van der Waals surface area (Å²) in [6.45, 7) is 1.99. The lowest BCUT2D eigenvalue weighted by atomic mass is 10.1. The van der Waals surface area contributed by atoms with E-state index in [-0.39, 0.29) is 0 Å². The summed E-state index contributed by atoms with van der Waals surface area (Å²) in [5.41, 5.74) is 8.98. The molecule has 0 saturated carbocycles. The van der Waals surface area contributed by atoms with E-state index in [4.69, 9.17) is 21.9 Å². The Bertz CT molecular complexity index is 816. The third kappa shape index (κ3) is 2.66. The van der Waals surface area contributed by atoms with Crippen molar-refractivity contribution < 1.29 is 4.52 Å². The van der Waals surface area contributed by atoms with Gasteiger partial charge in [0.05, 0.1) is 16.3 Å². The van der Waals surface area contributed by atoms with Crippen molar-refractivity contribution >= 4 is 33.2 Å². The van der Waals surface area contributed by atoms with Crippen LogP contribution in [-0.2, 0) is 0 Å². The fraction of sp³-hybridized carbons (Fsp3) is 0.0667. The Balaban J connectivity index is 2.06. The highest BCUT2D eigenvalue weighted by Gasteiger charge is 2.15. The van der Waals surface area contributed by atoms with Crippen LogP contribution in [0.5, 0.6) is 0 Å². The Morgan fingerprint density at radius 2 is 2.00 bits per heavy atom. The van der Waals surface area contributed by atoms with Gasteiger partial charge in [-0.3, -0.25) is 0 Å². The molecule has 1 heterocycles. The lowest BCUT2D eigenvalue weighted by Gasteiger charge is -2.02. The van der Waals surface area contributed by atoms with E-state index in [2.05, 4.69) is 26.1 Å². The van der Waals surface area contributed by atoms with Crippen molar-refractivity contribution in [2.75, 3.05) is 5.73 Å². The van der Waals surface area contributed by atoms with Gasteiger partial charge in [-0.05, 0) is 42.8 Å². The van der Waals surface area contributed by atoms with Crippen molar-refractivity contribution in [3.05, 3.63) is 51.5 Å². The summed E-state index contributed by atoms with van der Waals surface area (Å²) in [5, 5.41) is 4.49. The largest absolute Gasteiger partial charge is 0.397 e. The summed E-state index contributed by atoms with van der Waals surface area (Å²) in [4.78, 5) is 4.41. The summed E-state index contributed by atoms with van der Waals surface area (Å²) in [6, 6.07) is 11.2. The molecular weight excluding hydrogens is 354 g/mol. The molecule has 6 heteroatoms. The number of rotatable bonds is 2. The normalized spacial score (nSPS) is 10.8. The number of halogens is 2. The number of aryl methyl sites for hydroxylation is 1. The standard InChI is InChI=1S/C15H11BrClN3O/c1-8-7-9(16)5-6-10(8)14-19-15(21-20-14)11-3-2-4-12(17)13(11)18/h2-7H,18H2,1H3. The fourth-order valence-corrected chi connectivity index (χ4v) is 2.69. The zero-order valence-corrected chi connectivity index (χ0v) is 13.4. The van der Waals surface area contributed by atoms with Crippen LogP contribution in [0.2, 0.25) is 5.02 Å². The number of nitrogens with two attached hydrogens (primary N) is 1. The fourth-order valence-electron chi connectivity index (χ4n) is 2.04. The zero-order valence-electron chi connectivity index (χ0n) is 11.1. The van der Waals surface area contributed by atoms with Gasteiger partial charge < -0.3 is 10.3 Å². The van der Waals surface area contributed by atoms with Gasteiger partial charge in [-0.1, -0.05) is 38.8 Å². The van der Waals surface area contributed by atoms with Crippen LogP contribution < -0.4 is 5.73 Å². The predicted octanol–water partition coefficient (Wildman–Crippen LogP) is 4.71. The highest BCUT2D eigenvalue weighted by Crippen LogP contribution is 2.32. The predicted molar refractivity (Wildman–Crippen MR) is 87.0 cm³/mol. The maximum Gasteiger partial charge on any atom is 0.260 e. The van der Waals surface area contributed by atoms with Crippen molar-refractivity contribution in [2.24, 2.45) is 0 Å². The summed E-state index contributed by atoms with van der Waals surface area (Å²) in [5.74, 6) is 0.877. The molecule has 0 aliphatic heterocycles. The molecule has 4 nitrogen and oxygen atoms in total. The van der Waals surface area contributed by atoms with Gasteiger partial charge >= 0.3 is 0 Å². The first-order valence-corrected chi connectivity index (χ1v) is 7.38. The Kier molecular flexibility index (Phi) is 3.69. The van der Waals surface area contributed by atoms with E-state index in [1.165, 1.54) is 0 Å². The van der Waals surface area contributed by atoms with Crippen LogP contribution in [0, 0.1) is 6.92 Å². The zero-order chi connectivity index (χ0) is 15.0. The molecule has 106 valence electrons. The molecule has 1 aromatic heterocycles. The van der Waals surface area contributed by atoms with Crippen LogP contribution in [0.15, 0.2) is 45.4 Å². The monoisotopic (exact) mass is 363 g/mol. The van der Waals surface area contributed by atoms with Crippen molar-refractivity contribution in [1.82, 2.24) is 10.1 Å². The average Bonchev–Trinajstić information content (AvgIpc) is 2.91. The van der Waals surface area contributed by atoms with Gasteiger partial charge in [0.25, 0.3) is 5.89 Å². The van der Waals surface area contributed by atoms with Crippen molar-refractivity contribution in [3.63, 3.8) is 0 Å². The van der Waals surface area contributed by atoms with Crippen molar-refractivity contribution in [1.29, 1.82) is 0 Å². The van der Waals surface area contributed by atoms with Gasteiger partial charge in [0.1, 0.15) is 0 Å². The minimum Gasteiger partial charge on any atom is -0.397 e. The molecule has 0 aliphatic rings. The van der Waals surface area contributed by atoms with Crippen LogP contribution in [0.3, 0.4) is 0 Å². The van der Waals surface area contributed by atoms with E-state index in [9.17, 15) is 0 Å². The number of hydrogen-bond donors (Lipinski definition) is 1. The lowest BCUT2D eigenvalue weighted by molar-refractivity contribution is 0.432. The maximum atomic E-state index is 6.01. The smallest absolute Gasteiger partial charge is 0.260 e. The first kappa shape index (κ1) is 14.1. The molecule has 0 radical (unpaired) electrons. The minimum atomic E-state index is 0.354. The molecule has 0 spiro atoms. The third-order valence-electron chi connectivity index (χ3n) is 3.14. The van der Waals surface area contributed by atoms with E-state index in [1.54, 1.807) is 18.2 Å². The van der Waals surface area contributed by atoms with Crippen molar-refractivity contribution in [2.45, 2.75) is 6.92 Å². The van der Waals surface area contributed by atoms with E-state index < -0.39 is 0 Å². The van der Waals surface area contributed by atoms with E-state index >= 15 is 0 Å². The second kappa shape index (κ2) is 5.50. The van der Waals surface area contributed by atoms with Crippen LogP contribution in [-0.4, -0.2) is 10.1 Å². The van der Waals surface area contributed by atoms with Crippen LogP contribution >= 0.6 is 27.5 Å². The Labute approximate surface area is 135 Å². The second-order valence-electron chi connectivity index (χ2n) is 4.58. The van der Waals surface area contributed by atoms with Gasteiger partial charge in [-0.25, -0.2) is 0 Å². The topological polar surface area (TPSA) is 64.9 Å². The van der Waals surface area contributed by atoms with Crippen LogP contribution in [0.4, 0.5) is 5.69 Å². The minimum absolute atomic E-state index is 0.354. The Morgan fingerprint density at radius 3 is 2.76 bits per heavy atom. The summed E-state index contributed by atoms with van der Waals surface area (Å²) in [7, 11) is 0. The summed E-state index contributed by atoms with van der Waals surface area (Å²) in [6.07, 6.45) is 0.